The minimum atomic E-state index is -1.91. The smallest absolute Gasteiger partial charge is 0.310 e. The van der Waals surface area contributed by atoms with Crippen LogP contribution in [0.4, 0.5) is 0 Å². The van der Waals surface area contributed by atoms with Gasteiger partial charge < -0.3 is 14.1 Å². The van der Waals surface area contributed by atoms with Gasteiger partial charge in [0, 0.05) is 0 Å². The quantitative estimate of drug-likeness (QED) is 0.755. The third kappa shape index (κ3) is 2.35. The average molecular weight is 237 g/mol. The van der Waals surface area contributed by atoms with Crippen LogP contribution in [0.5, 0.6) is 0 Å². The van der Waals surface area contributed by atoms with Crippen molar-refractivity contribution in [3.05, 3.63) is 30.3 Å². The van der Waals surface area contributed by atoms with E-state index in [2.05, 4.69) is 79.6 Å². The molecule has 0 heterocycles. The van der Waals surface area contributed by atoms with Gasteiger partial charge in [0.15, 0.2) is 0 Å². The van der Waals surface area contributed by atoms with E-state index in [1.807, 2.05) is 0 Å². The van der Waals surface area contributed by atoms with Crippen molar-refractivity contribution < 1.29 is 0 Å². The summed E-state index contributed by atoms with van der Waals surface area (Å²) in [6, 6.07) is 10.7. The lowest BCUT2D eigenvalue weighted by molar-refractivity contribution is 0.473. The van der Waals surface area contributed by atoms with Crippen LogP contribution in [0.1, 0.15) is 6.92 Å². The van der Waals surface area contributed by atoms with Crippen molar-refractivity contribution in [3.63, 3.8) is 0 Å². The molecule has 0 fully saturated rings. The Hall–Kier alpha value is -0.683. The Labute approximate surface area is 100 Å². The molecule has 4 heteroatoms. The second kappa shape index (κ2) is 5.59. The van der Waals surface area contributed by atoms with E-state index in [0.29, 0.717) is 0 Å². The number of nitrogens with one attached hydrogen (secondary N) is 1. The average Bonchev–Trinajstić information content (AvgIpc) is 2.26. The van der Waals surface area contributed by atoms with Crippen molar-refractivity contribution in [1.82, 2.24) is 14.1 Å². The van der Waals surface area contributed by atoms with Crippen molar-refractivity contribution in [1.29, 1.82) is 0 Å². The molecular weight excluding hydrogens is 214 g/mol. The van der Waals surface area contributed by atoms with Crippen LogP contribution in [0.2, 0.25) is 0 Å². The molecule has 0 bridgehead atoms. The maximum Gasteiger partial charge on any atom is 0.319 e. The highest BCUT2D eigenvalue weighted by atomic mass is 28.4. The van der Waals surface area contributed by atoms with E-state index in [9.17, 15) is 0 Å². The topological polar surface area (TPSA) is 18.5 Å². The molecule has 90 valence electrons. The van der Waals surface area contributed by atoms with Gasteiger partial charge in [-0.3, -0.25) is 0 Å². The van der Waals surface area contributed by atoms with Crippen LogP contribution in [0.25, 0.3) is 0 Å². The summed E-state index contributed by atoms with van der Waals surface area (Å²) in [5, 5.41) is 1.40. The molecular formula is C12H23N3Si. The standard InChI is InChI=1S/C12H23N3Si/c1-6-13-16(14(2)3,15(4)5)12-10-8-7-9-11-12/h7-11,13H,6H2,1-5H3. The van der Waals surface area contributed by atoms with Gasteiger partial charge in [-0.1, -0.05) is 37.3 Å². The van der Waals surface area contributed by atoms with Crippen LogP contribution in [0.3, 0.4) is 0 Å². The highest BCUT2D eigenvalue weighted by Gasteiger charge is 2.41. The Morgan fingerprint density at radius 3 is 1.88 bits per heavy atom. The third-order valence-corrected chi connectivity index (χ3v) is 7.47. The van der Waals surface area contributed by atoms with Gasteiger partial charge in [-0.15, -0.1) is 0 Å². The molecule has 0 aliphatic rings. The van der Waals surface area contributed by atoms with Crippen molar-refractivity contribution in [2.24, 2.45) is 0 Å². The minimum absolute atomic E-state index is 0.984. The van der Waals surface area contributed by atoms with Gasteiger partial charge in [-0.05, 0) is 39.9 Å². The van der Waals surface area contributed by atoms with E-state index in [0.717, 1.165) is 6.54 Å². The van der Waals surface area contributed by atoms with Gasteiger partial charge in [0.05, 0.1) is 0 Å². The first-order chi connectivity index (χ1) is 7.55. The van der Waals surface area contributed by atoms with Gasteiger partial charge in [0.1, 0.15) is 0 Å². The van der Waals surface area contributed by atoms with Crippen LogP contribution in [-0.4, -0.2) is 52.4 Å². The number of hydrogen-bond acceptors (Lipinski definition) is 3. The lowest BCUT2D eigenvalue weighted by atomic mass is 10.4. The Morgan fingerprint density at radius 2 is 1.50 bits per heavy atom. The summed E-state index contributed by atoms with van der Waals surface area (Å²) in [5.41, 5.74) is 0. The molecule has 0 aliphatic carbocycles. The number of nitrogens with zero attached hydrogens (tertiary/aromatic N) is 2. The zero-order valence-electron chi connectivity index (χ0n) is 11.0. The van der Waals surface area contributed by atoms with E-state index in [1.54, 1.807) is 0 Å². The fraction of sp³-hybridized carbons (Fsp3) is 0.500. The highest BCUT2D eigenvalue weighted by molar-refractivity contribution is 6.84. The van der Waals surface area contributed by atoms with E-state index in [1.165, 1.54) is 5.19 Å². The maximum atomic E-state index is 3.70. The normalized spacial score (nSPS) is 12.4. The lowest BCUT2D eigenvalue weighted by Crippen LogP contribution is -2.77. The number of hydrogen-bond donors (Lipinski definition) is 1. The predicted molar refractivity (Wildman–Crippen MR) is 72.9 cm³/mol. The van der Waals surface area contributed by atoms with Crippen molar-refractivity contribution in [2.45, 2.75) is 6.92 Å². The fourth-order valence-electron chi connectivity index (χ4n) is 2.25. The van der Waals surface area contributed by atoms with Crippen molar-refractivity contribution in [3.8, 4) is 0 Å². The largest absolute Gasteiger partial charge is 0.319 e. The molecule has 0 radical (unpaired) electrons. The van der Waals surface area contributed by atoms with Crippen LogP contribution in [0.15, 0.2) is 30.3 Å². The molecule has 1 aromatic rings. The molecule has 0 saturated heterocycles. The van der Waals surface area contributed by atoms with E-state index < -0.39 is 8.56 Å². The van der Waals surface area contributed by atoms with Crippen molar-refractivity contribution >= 4 is 13.7 Å². The van der Waals surface area contributed by atoms with Crippen LogP contribution >= 0.6 is 0 Å². The van der Waals surface area contributed by atoms with E-state index in [-0.39, 0.29) is 0 Å². The fourth-order valence-corrected chi connectivity index (χ4v) is 6.07. The first-order valence-corrected chi connectivity index (χ1v) is 7.60. The molecule has 0 aliphatic heterocycles. The second-order valence-electron chi connectivity index (χ2n) is 4.36. The van der Waals surface area contributed by atoms with Gasteiger partial charge in [0.2, 0.25) is 0 Å². The van der Waals surface area contributed by atoms with Gasteiger partial charge in [-0.2, -0.15) is 0 Å². The number of benzene rings is 1. The molecule has 0 aromatic heterocycles. The summed E-state index contributed by atoms with van der Waals surface area (Å²) in [6.07, 6.45) is 0. The van der Waals surface area contributed by atoms with Gasteiger partial charge >= 0.3 is 8.56 Å². The second-order valence-corrected chi connectivity index (χ2v) is 8.42. The first-order valence-electron chi connectivity index (χ1n) is 5.71. The van der Waals surface area contributed by atoms with E-state index >= 15 is 0 Å². The summed E-state index contributed by atoms with van der Waals surface area (Å²) >= 11 is 0. The molecule has 0 amide bonds. The summed E-state index contributed by atoms with van der Waals surface area (Å²) < 4.78 is 4.68. The molecule has 0 saturated carbocycles. The lowest BCUT2D eigenvalue weighted by Gasteiger charge is -2.42. The molecule has 1 aromatic carbocycles. The molecule has 0 spiro atoms. The highest BCUT2D eigenvalue weighted by Crippen LogP contribution is 2.06. The van der Waals surface area contributed by atoms with Gasteiger partial charge in [-0.25, -0.2) is 0 Å². The predicted octanol–water partition coefficient (Wildman–Crippen LogP) is 0.565. The zero-order valence-corrected chi connectivity index (χ0v) is 12.0. The monoisotopic (exact) mass is 237 g/mol. The Bertz CT molecular complexity index is 303. The molecule has 1 rings (SSSR count). The van der Waals surface area contributed by atoms with Crippen LogP contribution in [0, 0.1) is 0 Å². The third-order valence-electron chi connectivity index (χ3n) is 2.89. The zero-order chi connectivity index (χ0) is 12.2. The van der Waals surface area contributed by atoms with Crippen molar-refractivity contribution in [2.75, 3.05) is 34.7 Å². The Morgan fingerprint density at radius 1 is 1.00 bits per heavy atom. The Kier molecular flexibility index (Phi) is 4.67. The summed E-state index contributed by atoms with van der Waals surface area (Å²) in [4.78, 5) is 3.70. The van der Waals surface area contributed by atoms with E-state index in [4.69, 9.17) is 0 Å². The maximum absolute atomic E-state index is 3.70. The SMILES string of the molecule is CCN[Si](c1ccccc1)(N(C)C)N(C)C. The molecule has 3 nitrogen and oxygen atoms in total. The molecule has 0 unspecified atom stereocenters. The van der Waals surface area contributed by atoms with Crippen LogP contribution < -0.4 is 10.2 Å². The van der Waals surface area contributed by atoms with Crippen LogP contribution in [-0.2, 0) is 0 Å². The Balaban J connectivity index is 3.21. The number of rotatable bonds is 5. The van der Waals surface area contributed by atoms with Gasteiger partial charge in [0.25, 0.3) is 0 Å². The molecule has 16 heavy (non-hydrogen) atoms. The molecule has 1 N–H and O–H groups in total. The minimum Gasteiger partial charge on any atom is -0.310 e. The first kappa shape index (κ1) is 13.4. The summed E-state index contributed by atoms with van der Waals surface area (Å²) in [5.74, 6) is 0. The summed E-state index contributed by atoms with van der Waals surface area (Å²) in [7, 11) is 6.71. The molecule has 0 atom stereocenters. The summed E-state index contributed by atoms with van der Waals surface area (Å²) in [6.45, 7) is 3.15.